The van der Waals surface area contributed by atoms with E-state index in [9.17, 15) is 4.79 Å². The van der Waals surface area contributed by atoms with E-state index >= 15 is 0 Å². The van der Waals surface area contributed by atoms with Crippen molar-refractivity contribution in [2.75, 3.05) is 32.6 Å². The fourth-order valence-corrected chi connectivity index (χ4v) is 2.05. The van der Waals surface area contributed by atoms with E-state index in [4.69, 9.17) is 10.5 Å². The highest BCUT2D eigenvalue weighted by molar-refractivity contribution is 5.98. The molecule has 1 aromatic carbocycles. The zero-order valence-corrected chi connectivity index (χ0v) is 14.6. The molecule has 0 bridgehead atoms. The molecular formula is C15H25Cl2N3O2. The van der Waals surface area contributed by atoms with E-state index in [1.54, 1.807) is 0 Å². The topological polar surface area (TPSA) is 67.6 Å². The van der Waals surface area contributed by atoms with Crippen LogP contribution in [0.5, 0.6) is 5.75 Å². The standard InChI is InChI=1S/C15H23N3O2.2ClH/c1-18(2)9-10-20-13-6-3-5-12(11-13)17-14(19)15(16)7-4-8-15;;/h3,5-6,11H,4,7-10,16H2,1-2H3,(H,17,19);2*1H. The first-order chi connectivity index (χ1) is 9.49. The van der Waals surface area contributed by atoms with Crippen LogP contribution in [0, 0.1) is 0 Å². The van der Waals surface area contributed by atoms with E-state index in [2.05, 4.69) is 10.2 Å². The van der Waals surface area contributed by atoms with Crippen molar-refractivity contribution < 1.29 is 9.53 Å². The lowest BCUT2D eigenvalue weighted by Crippen LogP contribution is -2.56. The van der Waals surface area contributed by atoms with Crippen LogP contribution in [0.4, 0.5) is 5.69 Å². The van der Waals surface area contributed by atoms with Gasteiger partial charge in [0.25, 0.3) is 0 Å². The largest absolute Gasteiger partial charge is 0.492 e. The summed E-state index contributed by atoms with van der Waals surface area (Å²) >= 11 is 0. The molecule has 7 heteroatoms. The van der Waals surface area contributed by atoms with Crippen molar-refractivity contribution >= 4 is 36.4 Å². The van der Waals surface area contributed by atoms with Crippen molar-refractivity contribution in [3.05, 3.63) is 24.3 Å². The quantitative estimate of drug-likeness (QED) is 0.826. The molecule has 5 nitrogen and oxygen atoms in total. The molecule has 0 spiro atoms. The van der Waals surface area contributed by atoms with Crippen LogP contribution >= 0.6 is 24.8 Å². The third-order valence-electron chi connectivity index (χ3n) is 3.60. The van der Waals surface area contributed by atoms with E-state index in [-0.39, 0.29) is 30.7 Å². The predicted molar refractivity (Wildman–Crippen MR) is 94.4 cm³/mol. The van der Waals surface area contributed by atoms with Crippen molar-refractivity contribution in [3.8, 4) is 5.75 Å². The average Bonchev–Trinajstić information content (AvgIpc) is 2.36. The lowest BCUT2D eigenvalue weighted by molar-refractivity contribution is -0.123. The molecule has 0 heterocycles. The van der Waals surface area contributed by atoms with Gasteiger partial charge >= 0.3 is 0 Å². The summed E-state index contributed by atoms with van der Waals surface area (Å²) in [6, 6.07) is 7.42. The molecule has 0 aliphatic heterocycles. The summed E-state index contributed by atoms with van der Waals surface area (Å²) < 4.78 is 5.64. The first-order valence-electron chi connectivity index (χ1n) is 6.97. The number of rotatable bonds is 6. The number of carbonyl (C=O) groups excluding carboxylic acids is 1. The third kappa shape index (κ3) is 5.65. The lowest BCUT2D eigenvalue weighted by atomic mass is 9.77. The summed E-state index contributed by atoms with van der Waals surface area (Å²) in [7, 11) is 4.00. The molecular weight excluding hydrogens is 325 g/mol. The Morgan fingerprint density at radius 3 is 2.59 bits per heavy atom. The molecule has 0 atom stereocenters. The minimum absolute atomic E-state index is 0. The molecule has 3 N–H and O–H groups in total. The number of anilines is 1. The Balaban J connectivity index is 0.00000220. The van der Waals surface area contributed by atoms with Gasteiger partial charge in [-0.05, 0) is 45.5 Å². The molecule has 1 aliphatic rings. The van der Waals surface area contributed by atoms with Crippen LogP contribution in [0.3, 0.4) is 0 Å². The second-order valence-corrected chi connectivity index (χ2v) is 5.64. The van der Waals surface area contributed by atoms with Crippen LogP contribution in [-0.2, 0) is 4.79 Å². The van der Waals surface area contributed by atoms with Crippen LogP contribution in [-0.4, -0.2) is 43.6 Å². The monoisotopic (exact) mass is 349 g/mol. The summed E-state index contributed by atoms with van der Waals surface area (Å²) in [5.41, 5.74) is 6.05. The smallest absolute Gasteiger partial charge is 0.244 e. The molecule has 0 aromatic heterocycles. The molecule has 1 saturated carbocycles. The highest BCUT2D eigenvalue weighted by atomic mass is 35.5. The minimum atomic E-state index is -0.679. The van der Waals surface area contributed by atoms with E-state index in [0.29, 0.717) is 6.61 Å². The van der Waals surface area contributed by atoms with E-state index < -0.39 is 5.54 Å². The van der Waals surface area contributed by atoms with Crippen molar-refractivity contribution in [2.45, 2.75) is 24.8 Å². The van der Waals surface area contributed by atoms with Gasteiger partial charge in [-0.2, -0.15) is 0 Å². The van der Waals surface area contributed by atoms with Gasteiger partial charge in [0.05, 0.1) is 5.54 Å². The Bertz CT molecular complexity index is 480. The molecule has 22 heavy (non-hydrogen) atoms. The zero-order valence-electron chi connectivity index (χ0n) is 13.0. The van der Waals surface area contributed by atoms with Crippen molar-refractivity contribution in [2.24, 2.45) is 5.73 Å². The lowest BCUT2D eigenvalue weighted by Gasteiger charge is -2.36. The second-order valence-electron chi connectivity index (χ2n) is 5.64. The maximum atomic E-state index is 12.0. The fourth-order valence-electron chi connectivity index (χ4n) is 2.05. The molecule has 1 fully saturated rings. The number of carbonyl (C=O) groups is 1. The summed E-state index contributed by atoms with van der Waals surface area (Å²) in [5, 5.41) is 2.87. The highest BCUT2D eigenvalue weighted by Gasteiger charge is 2.40. The van der Waals surface area contributed by atoms with Crippen molar-refractivity contribution in [1.82, 2.24) is 4.90 Å². The molecule has 0 saturated heterocycles. The number of hydrogen-bond acceptors (Lipinski definition) is 4. The van der Waals surface area contributed by atoms with Crippen LogP contribution in [0.15, 0.2) is 24.3 Å². The van der Waals surface area contributed by atoms with Crippen LogP contribution < -0.4 is 15.8 Å². The normalized spacial score (nSPS) is 15.1. The van der Waals surface area contributed by atoms with Gasteiger partial charge in [-0.3, -0.25) is 4.79 Å². The number of nitrogens with two attached hydrogens (primary N) is 1. The first-order valence-corrected chi connectivity index (χ1v) is 6.97. The molecule has 126 valence electrons. The SMILES string of the molecule is CN(C)CCOc1cccc(NC(=O)C2(N)CCC2)c1.Cl.Cl. The maximum absolute atomic E-state index is 12.0. The number of hydrogen-bond donors (Lipinski definition) is 2. The molecule has 1 aromatic rings. The van der Waals surface area contributed by atoms with E-state index in [0.717, 1.165) is 37.2 Å². The molecule has 0 radical (unpaired) electrons. The number of likely N-dealkylation sites (N-methyl/N-ethyl adjacent to an activating group) is 1. The second kappa shape index (κ2) is 9.20. The van der Waals surface area contributed by atoms with Gasteiger partial charge in [-0.25, -0.2) is 0 Å². The van der Waals surface area contributed by atoms with Crippen molar-refractivity contribution in [1.29, 1.82) is 0 Å². The van der Waals surface area contributed by atoms with Gasteiger partial charge < -0.3 is 20.7 Å². The van der Waals surface area contributed by atoms with Crippen LogP contribution in [0.2, 0.25) is 0 Å². The first kappa shape index (κ1) is 21.0. The van der Waals surface area contributed by atoms with Gasteiger partial charge in [0, 0.05) is 18.3 Å². The zero-order chi connectivity index (χ0) is 14.6. The Hall–Kier alpha value is -1.01. The summed E-state index contributed by atoms with van der Waals surface area (Å²) in [6.45, 7) is 1.47. The van der Waals surface area contributed by atoms with Gasteiger partial charge in [0.15, 0.2) is 0 Å². The fraction of sp³-hybridized carbons (Fsp3) is 0.533. The Kier molecular flexibility index (Phi) is 8.78. The van der Waals surface area contributed by atoms with Crippen LogP contribution in [0.25, 0.3) is 0 Å². The predicted octanol–water partition coefficient (Wildman–Crippen LogP) is 2.29. The third-order valence-corrected chi connectivity index (χ3v) is 3.60. The highest BCUT2D eigenvalue weighted by Crippen LogP contribution is 2.30. The van der Waals surface area contributed by atoms with Crippen molar-refractivity contribution in [3.63, 3.8) is 0 Å². The molecule has 0 unspecified atom stereocenters. The number of nitrogens with one attached hydrogen (secondary N) is 1. The Morgan fingerprint density at radius 2 is 2.05 bits per heavy atom. The van der Waals surface area contributed by atoms with Gasteiger partial charge in [0.1, 0.15) is 12.4 Å². The number of halogens is 2. The molecule has 1 aliphatic carbocycles. The number of nitrogens with zero attached hydrogens (tertiary/aromatic N) is 1. The van der Waals surface area contributed by atoms with Gasteiger partial charge in [0.2, 0.25) is 5.91 Å². The number of ether oxygens (including phenoxy) is 1. The summed E-state index contributed by atoms with van der Waals surface area (Å²) in [4.78, 5) is 14.1. The maximum Gasteiger partial charge on any atom is 0.244 e. The van der Waals surface area contributed by atoms with Gasteiger partial charge in [-0.15, -0.1) is 24.8 Å². The Labute approximate surface area is 144 Å². The number of amides is 1. The average molecular weight is 350 g/mol. The van der Waals surface area contributed by atoms with E-state index in [1.165, 1.54) is 0 Å². The minimum Gasteiger partial charge on any atom is -0.492 e. The number of benzene rings is 1. The molecule has 2 rings (SSSR count). The van der Waals surface area contributed by atoms with E-state index in [1.807, 2.05) is 38.4 Å². The Morgan fingerprint density at radius 1 is 1.36 bits per heavy atom. The van der Waals surface area contributed by atoms with Crippen LogP contribution in [0.1, 0.15) is 19.3 Å². The van der Waals surface area contributed by atoms with Gasteiger partial charge in [-0.1, -0.05) is 6.07 Å². The summed E-state index contributed by atoms with van der Waals surface area (Å²) in [5.74, 6) is 0.651. The summed E-state index contributed by atoms with van der Waals surface area (Å²) in [6.07, 6.45) is 2.55. The molecule has 1 amide bonds.